The first-order valence-corrected chi connectivity index (χ1v) is 9.94. The molecule has 2 heterocycles. The first kappa shape index (κ1) is 18.6. The molecule has 2 N–H and O–H groups in total. The molecule has 31 heavy (non-hydrogen) atoms. The maximum absolute atomic E-state index is 12.3. The van der Waals surface area contributed by atoms with Crippen LogP contribution in [0.1, 0.15) is 5.76 Å². The molecule has 2 aromatic heterocycles. The quantitative estimate of drug-likeness (QED) is 0.345. The Balaban J connectivity index is 1.24. The topological polar surface area (TPSA) is 70.9 Å². The smallest absolute Gasteiger partial charge is 0.248 e. The number of furan rings is 1. The number of carbonyl (C=O) groups is 1. The lowest BCUT2D eigenvalue weighted by atomic mass is 10.2. The SMILES string of the molecule is O=C(/C=C/c1ccc(-c2ccccc2)o1)Nc1ccc(-c2nc3ccccc3[nH]2)cc1. The lowest BCUT2D eigenvalue weighted by Gasteiger charge is -2.03. The molecule has 0 saturated heterocycles. The van der Waals surface area contributed by atoms with Crippen molar-refractivity contribution in [3.8, 4) is 22.7 Å². The number of anilines is 1. The van der Waals surface area contributed by atoms with Crippen molar-refractivity contribution < 1.29 is 9.21 Å². The van der Waals surface area contributed by atoms with Gasteiger partial charge in [0.25, 0.3) is 0 Å². The highest BCUT2D eigenvalue weighted by Gasteiger charge is 2.06. The van der Waals surface area contributed by atoms with E-state index >= 15 is 0 Å². The van der Waals surface area contributed by atoms with Crippen molar-refractivity contribution in [1.82, 2.24) is 9.97 Å². The number of nitrogens with one attached hydrogen (secondary N) is 2. The Morgan fingerprint density at radius 1 is 0.839 bits per heavy atom. The first-order chi connectivity index (χ1) is 15.2. The van der Waals surface area contributed by atoms with E-state index < -0.39 is 0 Å². The van der Waals surface area contributed by atoms with Crippen molar-refractivity contribution >= 4 is 28.7 Å². The van der Waals surface area contributed by atoms with Gasteiger partial charge in [-0.3, -0.25) is 4.79 Å². The number of nitrogens with zero attached hydrogens (tertiary/aromatic N) is 1. The molecule has 150 valence electrons. The second kappa shape index (κ2) is 8.16. The monoisotopic (exact) mass is 405 g/mol. The molecule has 0 atom stereocenters. The number of carbonyl (C=O) groups excluding carboxylic acids is 1. The highest BCUT2D eigenvalue weighted by molar-refractivity contribution is 6.01. The summed E-state index contributed by atoms with van der Waals surface area (Å²) in [7, 11) is 0. The van der Waals surface area contributed by atoms with Gasteiger partial charge in [0.2, 0.25) is 5.91 Å². The van der Waals surface area contributed by atoms with Gasteiger partial charge in [-0.2, -0.15) is 0 Å². The van der Waals surface area contributed by atoms with E-state index in [0.717, 1.165) is 33.7 Å². The maximum atomic E-state index is 12.3. The highest BCUT2D eigenvalue weighted by atomic mass is 16.3. The molecule has 0 aliphatic rings. The third kappa shape index (κ3) is 4.16. The second-order valence-electron chi connectivity index (χ2n) is 7.07. The highest BCUT2D eigenvalue weighted by Crippen LogP contribution is 2.23. The number of rotatable bonds is 5. The lowest BCUT2D eigenvalue weighted by molar-refractivity contribution is -0.111. The molecule has 5 aromatic rings. The average molecular weight is 405 g/mol. The Morgan fingerprint density at radius 2 is 1.61 bits per heavy atom. The molecule has 5 nitrogen and oxygen atoms in total. The van der Waals surface area contributed by atoms with Crippen LogP contribution in [0.3, 0.4) is 0 Å². The van der Waals surface area contributed by atoms with E-state index in [-0.39, 0.29) is 5.91 Å². The van der Waals surface area contributed by atoms with Crippen molar-refractivity contribution in [3.05, 3.63) is 103 Å². The van der Waals surface area contributed by atoms with Gasteiger partial charge in [0.1, 0.15) is 17.3 Å². The number of hydrogen-bond donors (Lipinski definition) is 2. The molecule has 0 aliphatic heterocycles. The summed E-state index contributed by atoms with van der Waals surface area (Å²) in [5, 5.41) is 2.86. The molecule has 0 bridgehead atoms. The van der Waals surface area contributed by atoms with Crippen LogP contribution < -0.4 is 5.32 Å². The van der Waals surface area contributed by atoms with Crippen LogP contribution in [0.25, 0.3) is 39.8 Å². The zero-order valence-corrected chi connectivity index (χ0v) is 16.6. The third-order valence-electron chi connectivity index (χ3n) is 4.90. The van der Waals surface area contributed by atoms with E-state index in [9.17, 15) is 4.79 Å². The fraction of sp³-hybridized carbons (Fsp3) is 0. The minimum Gasteiger partial charge on any atom is -0.457 e. The van der Waals surface area contributed by atoms with Gasteiger partial charge in [0.15, 0.2) is 0 Å². The minimum absolute atomic E-state index is 0.228. The predicted octanol–water partition coefficient (Wildman–Crippen LogP) is 6.14. The van der Waals surface area contributed by atoms with Crippen LogP contribution in [0.15, 0.2) is 101 Å². The summed E-state index contributed by atoms with van der Waals surface area (Å²) in [6, 6.07) is 29.0. The van der Waals surface area contributed by atoms with E-state index in [1.54, 1.807) is 6.08 Å². The number of imidazole rings is 1. The number of hydrogen-bond acceptors (Lipinski definition) is 3. The number of amides is 1. The van der Waals surface area contributed by atoms with Gasteiger partial charge in [-0.15, -0.1) is 0 Å². The van der Waals surface area contributed by atoms with Crippen LogP contribution >= 0.6 is 0 Å². The molecule has 3 aromatic carbocycles. The Kier molecular flexibility index (Phi) is 4.91. The summed E-state index contributed by atoms with van der Waals surface area (Å²) in [6.07, 6.45) is 3.12. The van der Waals surface area contributed by atoms with Gasteiger partial charge in [-0.25, -0.2) is 4.98 Å². The van der Waals surface area contributed by atoms with Crippen molar-refractivity contribution in [2.45, 2.75) is 0 Å². The standard InChI is InChI=1S/C26H19N3O2/c30-25(17-15-21-14-16-24(31-21)18-6-2-1-3-7-18)27-20-12-10-19(11-13-20)26-28-22-8-4-5-9-23(22)29-26/h1-17H,(H,27,30)(H,28,29)/b17-15+. The molecule has 0 spiro atoms. The third-order valence-corrected chi connectivity index (χ3v) is 4.90. The molecule has 0 aliphatic carbocycles. The molecule has 5 rings (SSSR count). The minimum atomic E-state index is -0.228. The molecule has 5 heteroatoms. The van der Waals surface area contributed by atoms with Crippen LogP contribution in [0, 0.1) is 0 Å². The zero-order valence-electron chi connectivity index (χ0n) is 16.6. The summed E-state index contributed by atoms with van der Waals surface area (Å²) in [5.41, 5.74) is 4.57. The van der Waals surface area contributed by atoms with Crippen LogP contribution in [0.4, 0.5) is 5.69 Å². The lowest BCUT2D eigenvalue weighted by Crippen LogP contribution is -2.07. The van der Waals surface area contributed by atoms with Gasteiger partial charge in [0, 0.05) is 22.9 Å². The Labute approximate surface area is 179 Å². The van der Waals surface area contributed by atoms with Crippen LogP contribution in [0.5, 0.6) is 0 Å². The van der Waals surface area contributed by atoms with Gasteiger partial charge < -0.3 is 14.7 Å². The Morgan fingerprint density at radius 3 is 2.42 bits per heavy atom. The number of aromatic nitrogens is 2. The van der Waals surface area contributed by atoms with E-state index in [2.05, 4.69) is 15.3 Å². The van der Waals surface area contributed by atoms with E-state index in [1.165, 1.54) is 6.08 Å². The van der Waals surface area contributed by atoms with E-state index in [0.29, 0.717) is 11.4 Å². The second-order valence-corrected chi connectivity index (χ2v) is 7.07. The molecule has 0 saturated carbocycles. The van der Waals surface area contributed by atoms with Crippen molar-refractivity contribution in [1.29, 1.82) is 0 Å². The Bertz CT molecular complexity index is 1330. The summed E-state index contributed by atoms with van der Waals surface area (Å²) in [4.78, 5) is 20.2. The van der Waals surface area contributed by atoms with Crippen molar-refractivity contribution in [2.75, 3.05) is 5.32 Å². The largest absolute Gasteiger partial charge is 0.457 e. The number of H-pyrrole nitrogens is 1. The molecule has 0 radical (unpaired) electrons. The fourth-order valence-corrected chi connectivity index (χ4v) is 3.34. The summed E-state index contributed by atoms with van der Waals surface area (Å²) < 4.78 is 5.78. The van der Waals surface area contributed by atoms with Crippen molar-refractivity contribution in [3.63, 3.8) is 0 Å². The van der Waals surface area contributed by atoms with Crippen LogP contribution in [-0.4, -0.2) is 15.9 Å². The van der Waals surface area contributed by atoms with E-state index in [4.69, 9.17) is 4.42 Å². The summed E-state index contributed by atoms with van der Waals surface area (Å²) >= 11 is 0. The normalized spacial score (nSPS) is 11.2. The predicted molar refractivity (Wildman–Crippen MR) is 123 cm³/mol. The molecular formula is C26H19N3O2. The number of benzene rings is 3. The van der Waals surface area contributed by atoms with Crippen LogP contribution in [0.2, 0.25) is 0 Å². The molecule has 0 fully saturated rings. The first-order valence-electron chi connectivity index (χ1n) is 9.94. The van der Waals surface area contributed by atoms with Crippen molar-refractivity contribution in [2.24, 2.45) is 0 Å². The zero-order chi connectivity index (χ0) is 21.0. The Hall–Kier alpha value is -4.38. The van der Waals surface area contributed by atoms with Gasteiger partial charge >= 0.3 is 0 Å². The average Bonchev–Trinajstić information content (AvgIpc) is 3.46. The summed E-state index contributed by atoms with van der Waals surface area (Å²) in [5.74, 6) is 1.95. The number of aromatic amines is 1. The summed E-state index contributed by atoms with van der Waals surface area (Å²) in [6.45, 7) is 0. The van der Waals surface area contributed by atoms with E-state index in [1.807, 2.05) is 91.0 Å². The number of fused-ring (bicyclic) bond motifs is 1. The molecule has 1 amide bonds. The maximum Gasteiger partial charge on any atom is 0.248 e. The van der Waals surface area contributed by atoms with Gasteiger partial charge in [0.05, 0.1) is 11.0 Å². The number of para-hydroxylation sites is 2. The van der Waals surface area contributed by atoms with Crippen LogP contribution in [-0.2, 0) is 4.79 Å². The van der Waals surface area contributed by atoms with Gasteiger partial charge in [-0.1, -0.05) is 42.5 Å². The molecular weight excluding hydrogens is 386 g/mol. The fourth-order valence-electron chi connectivity index (χ4n) is 3.34. The van der Waals surface area contributed by atoms with Gasteiger partial charge in [-0.05, 0) is 54.6 Å². The molecule has 0 unspecified atom stereocenters.